The van der Waals surface area contributed by atoms with Gasteiger partial charge in [0.15, 0.2) is 0 Å². The highest BCUT2D eigenvalue weighted by atomic mass is 79.9. The Balaban J connectivity index is -0.000000303. The van der Waals surface area contributed by atoms with Gasteiger partial charge in [-0.15, -0.1) is 50.9 Å². The lowest BCUT2D eigenvalue weighted by Gasteiger charge is -1.91. The van der Waals surface area contributed by atoms with Gasteiger partial charge < -0.3 is 15.3 Å². The Morgan fingerprint density at radius 2 is 0.741 bits per heavy atom. The van der Waals surface area contributed by atoms with Crippen molar-refractivity contribution >= 4 is 50.9 Å². The molecule has 0 aliphatic heterocycles. The Morgan fingerprint density at radius 1 is 0.519 bits per heavy atom. The third-order valence-corrected chi connectivity index (χ3v) is 3.03. The van der Waals surface area contributed by atoms with Gasteiger partial charge in [0.25, 0.3) is 0 Å². The molecule has 9 heteroatoms. The van der Waals surface area contributed by atoms with Crippen molar-refractivity contribution in [3.63, 3.8) is 0 Å². The number of hydrogen-bond acceptors (Lipinski definition) is 6. The molecule has 0 atom stereocenters. The van der Waals surface area contributed by atoms with Gasteiger partial charge in [0.05, 0.1) is 18.6 Å². The van der Waals surface area contributed by atoms with Crippen LogP contribution in [0.3, 0.4) is 0 Å². The van der Waals surface area contributed by atoms with E-state index in [1.807, 2.05) is 20.8 Å². The van der Waals surface area contributed by atoms with Crippen molar-refractivity contribution in [3.05, 3.63) is 72.1 Å². The van der Waals surface area contributed by atoms with Gasteiger partial charge in [-0.3, -0.25) is 15.0 Å². The third-order valence-electron chi connectivity index (χ3n) is 3.03. The van der Waals surface area contributed by atoms with Crippen LogP contribution in [0, 0.1) is 20.8 Å². The number of aryl methyl sites for hydroxylation is 3. The summed E-state index contributed by atoms with van der Waals surface area (Å²) >= 11 is 0. The summed E-state index contributed by atoms with van der Waals surface area (Å²) in [5.41, 5.74) is 2.58. The van der Waals surface area contributed by atoms with Crippen molar-refractivity contribution in [2.24, 2.45) is 0 Å². The number of aromatic hydroxyl groups is 3. The molecular formula is C18H24Br3N3O3. The van der Waals surface area contributed by atoms with Crippen LogP contribution in [0.4, 0.5) is 0 Å². The zero-order valence-electron chi connectivity index (χ0n) is 15.1. The first kappa shape index (κ1) is 30.0. The molecule has 0 amide bonds. The van der Waals surface area contributed by atoms with Gasteiger partial charge in [0, 0.05) is 18.6 Å². The van der Waals surface area contributed by atoms with Crippen molar-refractivity contribution < 1.29 is 15.3 Å². The Hall–Kier alpha value is -1.71. The van der Waals surface area contributed by atoms with Crippen molar-refractivity contribution in [2.45, 2.75) is 20.8 Å². The molecule has 0 aromatic carbocycles. The molecule has 6 nitrogen and oxygen atoms in total. The van der Waals surface area contributed by atoms with Crippen LogP contribution in [0.15, 0.2) is 55.4 Å². The SMILES string of the molecule is Br.Br.Br.Cc1ccncc1O.Cc1ccncc1O.Cc1ccncc1O. The molecule has 3 rings (SSSR count). The summed E-state index contributed by atoms with van der Waals surface area (Å²) in [7, 11) is 0. The minimum Gasteiger partial charge on any atom is -0.506 e. The Morgan fingerprint density at radius 3 is 0.852 bits per heavy atom. The first-order valence-electron chi connectivity index (χ1n) is 7.20. The maximum atomic E-state index is 8.86. The molecule has 3 N–H and O–H groups in total. The predicted octanol–water partition coefficient (Wildman–Crippen LogP) is 5.02. The average molecular weight is 570 g/mol. The lowest BCUT2D eigenvalue weighted by Crippen LogP contribution is -1.73. The first-order chi connectivity index (χ1) is 11.4. The van der Waals surface area contributed by atoms with E-state index >= 15 is 0 Å². The fourth-order valence-electron chi connectivity index (χ4n) is 1.37. The molecule has 3 aromatic heterocycles. The first-order valence-corrected chi connectivity index (χ1v) is 7.20. The van der Waals surface area contributed by atoms with E-state index in [0.29, 0.717) is 0 Å². The van der Waals surface area contributed by atoms with Crippen LogP contribution in [0.1, 0.15) is 16.7 Å². The molecule has 150 valence electrons. The van der Waals surface area contributed by atoms with E-state index in [9.17, 15) is 0 Å². The lowest BCUT2D eigenvalue weighted by atomic mass is 10.3. The monoisotopic (exact) mass is 567 g/mol. The molecular weight excluding hydrogens is 546 g/mol. The molecule has 0 saturated heterocycles. The largest absolute Gasteiger partial charge is 0.506 e. The van der Waals surface area contributed by atoms with E-state index in [1.165, 1.54) is 18.6 Å². The molecule has 0 saturated carbocycles. The summed E-state index contributed by atoms with van der Waals surface area (Å²) in [6, 6.07) is 5.28. The standard InChI is InChI=1S/3C6H7NO.3BrH/c3*1-5-2-3-7-4-6(5)8;;;/h3*2-4,8H,1H3;3*1H. The summed E-state index contributed by atoms with van der Waals surface area (Å²) in [5.74, 6) is 0.771. The van der Waals surface area contributed by atoms with Crippen molar-refractivity contribution in [2.75, 3.05) is 0 Å². The number of pyridine rings is 3. The lowest BCUT2D eigenvalue weighted by molar-refractivity contribution is 0.468. The molecule has 0 spiro atoms. The zero-order chi connectivity index (χ0) is 17.9. The minimum absolute atomic E-state index is 0. The van der Waals surface area contributed by atoms with Crippen LogP contribution in [0.5, 0.6) is 17.2 Å². The van der Waals surface area contributed by atoms with Crippen LogP contribution < -0.4 is 0 Å². The van der Waals surface area contributed by atoms with E-state index in [4.69, 9.17) is 15.3 Å². The average Bonchev–Trinajstić information content (AvgIpc) is 2.57. The van der Waals surface area contributed by atoms with Gasteiger partial charge in [0.1, 0.15) is 17.2 Å². The van der Waals surface area contributed by atoms with Gasteiger partial charge in [-0.25, -0.2) is 0 Å². The molecule has 3 heterocycles. The fourth-order valence-corrected chi connectivity index (χ4v) is 1.37. The highest BCUT2D eigenvalue weighted by Gasteiger charge is 1.89. The minimum atomic E-state index is 0. The number of rotatable bonds is 0. The molecule has 0 fully saturated rings. The topological polar surface area (TPSA) is 99.4 Å². The molecule has 0 unspecified atom stereocenters. The molecule has 27 heavy (non-hydrogen) atoms. The summed E-state index contributed by atoms with van der Waals surface area (Å²) in [4.78, 5) is 11.1. The van der Waals surface area contributed by atoms with E-state index in [-0.39, 0.29) is 68.2 Å². The van der Waals surface area contributed by atoms with E-state index in [1.54, 1.807) is 36.8 Å². The van der Waals surface area contributed by atoms with Gasteiger partial charge in [-0.1, -0.05) is 0 Å². The predicted molar refractivity (Wildman–Crippen MR) is 123 cm³/mol. The summed E-state index contributed by atoms with van der Waals surface area (Å²) in [6.45, 7) is 5.49. The van der Waals surface area contributed by atoms with Gasteiger partial charge >= 0.3 is 0 Å². The molecule has 0 aliphatic rings. The smallest absolute Gasteiger partial charge is 0.136 e. The number of hydrogen-bond donors (Lipinski definition) is 3. The van der Waals surface area contributed by atoms with Crippen LogP contribution in [0.25, 0.3) is 0 Å². The summed E-state index contributed by atoms with van der Waals surface area (Å²) < 4.78 is 0. The normalized spacial score (nSPS) is 8.11. The molecule has 0 radical (unpaired) electrons. The van der Waals surface area contributed by atoms with E-state index < -0.39 is 0 Å². The van der Waals surface area contributed by atoms with Gasteiger partial charge in [-0.2, -0.15) is 0 Å². The van der Waals surface area contributed by atoms with Crippen LogP contribution in [0.2, 0.25) is 0 Å². The Bertz CT molecular complexity index is 611. The number of halogens is 3. The molecule has 3 aromatic rings. The Labute approximate surface area is 190 Å². The fraction of sp³-hybridized carbons (Fsp3) is 0.167. The van der Waals surface area contributed by atoms with Crippen molar-refractivity contribution in [1.82, 2.24) is 15.0 Å². The third kappa shape index (κ3) is 12.3. The highest BCUT2D eigenvalue weighted by molar-refractivity contribution is 8.93. The van der Waals surface area contributed by atoms with Crippen LogP contribution >= 0.6 is 50.9 Å². The van der Waals surface area contributed by atoms with E-state index in [0.717, 1.165) is 16.7 Å². The molecule has 0 bridgehead atoms. The zero-order valence-corrected chi connectivity index (χ0v) is 20.2. The van der Waals surface area contributed by atoms with Gasteiger partial charge in [0.2, 0.25) is 0 Å². The highest BCUT2D eigenvalue weighted by Crippen LogP contribution is 2.11. The second-order valence-electron chi connectivity index (χ2n) is 4.99. The second-order valence-corrected chi connectivity index (χ2v) is 4.99. The maximum Gasteiger partial charge on any atom is 0.136 e. The Kier molecular flexibility index (Phi) is 18.3. The molecule has 0 aliphatic carbocycles. The quantitative estimate of drug-likeness (QED) is 0.351. The number of nitrogens with zero attached hydrogens (tertiary/aromatic N) is 3. The van der Waals surface area contributed by atoms with Gasteiger partial charge in [-0.05, 0) is 55.7 Å². The summed E-state index contributed by atoms with van der Waals surface area (Å²) in [5, 5.41) is 26.6. The van der Waals surface area contributed by atoms with Crippen molar-refractivity contribution in [3.8, 4) is 17.2 Å². The second kappa shape index (κ2) is 16.5. The summed E-state index contributed by atoms with van der Waals surface area (Å²) in [6.07, 6.45) is 9.22. The van der Waals surface area contributed by atoms with Crippen LogP contribution in [-0.2, 0) is 0 Å². The van der Waals surface area contributed by atoms with Crippen molar-refractivity contribution in [1.29, 1.82) is 0 Å². The maximum absolute atomic E-state index is 8.86. The van der Waals surface area contributed by atoms with E-state index in [2.05, 4.69) is 15.0 Å². The number of aromatic nitrogens is 3. The van der Waals surface area contributed by atoms with Crippen LogP contribution in [-0.4, -0.2) is 30.3 Å².